The van der Waals surface area contributed by atoms with Gasteiger partial charge in [-0.1, -0.05) is 29.8 Å². The molecule has 1 N–H and O–H groups in total. The monoisotopic (exact) mass is 396 g/mol. The van der Waals surface area contributed by atoms with Gasteiger partial charge >= 0.3 is 0 Å². The fourth-order valence-electron chi connectivity index (χ4n) is 3.93. The lowest BCUT2D eigenvalue weighted by atomic mass is 9.93. The van der Waals surface area contributed by atoms with E-state index in [0.29, 0.717) is 12.6 Å². The Morgan fingerprint density at radius 3 is 3.00 bits per heavy atom. The van der Waals surface area contributed by atoms with Crippen LogP contribution < -0.4 is 10.9 Å². The van der Waals surface area contributed by atoms with Gasteiger partial charge in [0.15, 0.2) is 0 Å². The van der Waals surface area contributed by atoms with Crippen LogP contribution >= 0.6 is 11.3 Å². The number of nitrogens with zero attached hydrogens (tertiary/aromatic N) is 3. The average Bonchev–Trinajstić information content (AvgIpc) is 3.04. The van der Waals surface area contributed by atoms with Crippen LogP contribution in [0.3, 0.4) is 0 Å². The first kappa shape index (κ1) is 19.3. The fourth-order valence-corrected chi connectivity index (χ4v) is 5.18. The number of likely N-dealkylation sites (N-methyl/N-ethyl adjacent to an activating group) is 1. The van der Waals surface area contributed by atoms with E-state index in [-0.39, 0.29) is 5.56 Å². The van der Waals surface area contributed by atoms with Gasteiger partial charge < -0.3 is 10.2 Å². The Balaban J connectivity index is 1.51. The number of aryl methyl sites for hydroxylation is 2. The molecule has 1 aromatic carbocycles. The lowest BCUT2D eigenvalue weighted by Gasteiger charge is -2.23. The third-order valence-corrected chi connectivity index (χ3v) is 6.66. The summed E-state index contributed by atoms with van der Waals surface area (Å²) in [7, 11) is 4.04. The Morgan fingerprint density at radius 2 is 2.21 bits per heavy atom. The third kappa shape index (κ3) is 4.04. The van der Waals surface area contributed by atoms with E-state index in [0.717, 1.165) is 42.6 Å². The van der Waals surface area contributed by atoms with E-state index in [1.165, 1.54) is 21.6 Å². The molecular weight excluding hydrogens is 368 g/mol. The first-order valence-electron chi connectivity index (χ1n) is 9.94. The predicted molar refractivity (Wildman–Crippen MR) is 116 cm³/mol. The lowest BCUT2D eigenvalue weighted by Crippen LogP contribution is -2.34. The molecule has 0 spiro atoms. The normalized spacial score (nSPS) is 16.6. The number of thiophene rings is 1. The molecule has 4 rings (SSSR count). The highest BCUT2D eigenvalue weighted by Crippen LogP contribution is 2.33. The number of hydrogen-bond donors (Lipinski definition) is 1. The van der Waals surface area contributed by atoms with Crippen molar-refractivity contribution in [3.05, 3.63) is 62.5 Å². The lowest BCUT2D eigenvalue weighted by molar-refractivity contribution is 0.380. The Hall–Kier alpha value is -2.02. The molecule has 0 radical (unpaired) electrons. The minimum Gasteiger partial charge on any atom is -0.310 e. The van der Waals surface area contributed by atoms with Crippen molar-refractivity contribution in [2.24, 2.45) is 0 Å². The Bertz CT molecular complexity index is 1040. The molecule has 1 aliphatic rings. The quantitative estimate of drug-likeness (QED) is 0.696. The molecule has 0 saturated heterocycles. The van der Waals surface area contributed by atoms with Gasteiger partial charge in [-0.25, -0.2) is 4.98 Å². The van der Waals surface area contributed by atoms with E-state index in [4.69, 9.17) is 0 Å². The molecule has 0 bridgehead atoms. The van der Waals surface area contributed by atoms with Gasteiger partial charge in [-0.15, -0.1) is 11.3 Å². The average molecular weight is 397 g/mol. The van der Waals surface area contributed by atoms with Gasteiger partial charge in [-0.3, -0.25) is 9.36 Å². The van der Waals surface area contributed by atoms with Crippen LogP contribution in [0.25, 0.3) is 10.2 Å². The topological polar surface area (TPSA) is 50.2 Å². The summed E-state index contributed by atoms with van der Waals surface area (Å²) >= 11 is 1.70. The molecule has 0 aliphatic heterocycles. The van der Waals surface area contributed by atoms with Gasteiger partial charge in [-0.2, -0.15) is 0 Å². The van der Waals surface area contributed by atoms with Crippen molar-refractivity contribution < 1.29 is 0 Å². The maximum Gasteiger partial charge on any atom is 0.262 e. The van der Waals surface area contributed by atoms with Crippen molar-refractivity contribution in [1.29, 1.82) is 0 Å². The minimum atomic E-state index is 0.121. The summed E-state index contributed by atoms with van der Waals surface area (Å²) < 4.78 is 1.76. The molecule has 0 unspecified atom stereocenters. The van der Waals surface area contributed by atoms with Gasteiger partial charge in [0, 0.05) is 30.6 Å². The van der Waals surface area contributed by atoms with Gasteiger partial charge in [0.2, 0.25) is 0 Å². The second-order valence-corrected chi connectivity index (χ2v) is 9.12. The van der Waals surface area contributed by atoms with Crippen molar-refractivity contribution in [2.75, 3.05) is 20.6 Å². The number of fused-ring (bicyclic) bond motifs is 3. The highest BCUT2D eigenvalue weighted by Gasteiger charge is 2.25. The molecule has 148 valence electrons. The van der Waals surface area contributed by atoms with Crippen LogP contribution in [0.15, 0.2) is 35.4 Å². The van der Waals surface area contributed by atoms with Crippen LogP contribution in [-0.4, -0.2) is 41.1 Å². The zero-order valence-corrected chi connectivity index (χ0v) is 17.7. The summed E-state index contributed by atoms with van der Waals surface area (Å²) in [5.74, 6) is 0. The standard InChI is InChI=1S/C22H28N4OS/c1-15-5-4-6-16(11-15)13-23-17-7-8-18-19(12-17)28-21-20(18)22(27)26(14-24-21)10-9-25(2)3/h4-6,11,14,17,23H,7-10,12-13H2,1-3H3/t17-/m0/s1. The largest absolute Gasteiger partial charge is 0.310 e. The first-order chi connectivity index (χ1) is 13.5. The van der Waals surface area contributed by atoms with Crippen LogP contribution in [0, 0.1) is 6.92 Å². The van der Waals surface area contributed by atoms with E-state index in [2.05, 4.69) is 46.4 Å². The molecule has 0 amide bonds. The van der Waals surface area contributed by atoms with Gasteiger partial charge in [0.25, 0.3) is 5.56 Å². The number of hydrogen-bond acceptors (Lipinski definition) is 5. The zero-order chi connectivity index (χ0) is 19.7. The van der Waals surface area contributed by atoms with Gasteiger partial charge in [-0.05, 0) is 51.4 Å². The van der Waals surface area contributed by atoms with E-state index in [1.807, 2.05) is 14.1 Å². The van der Waals surface area contributed by atoms with Crippen molar-refractivity contribution in [1.82, 2.24) is 19.8 Å². The van der Waals surface area contributed by atoms with E-state index < -0.39 is 0 Å². The van der Waals surface area contributed by atoms with Crippen molar-refractivity contribution in [3.8, 4) is 0 Å². The first-order valence-corrected chi connectivity index (χ1v) is 10.8. The molecule has 1 atom stereocenters. The van der Waals surface area contributed by atoms with Gasteiger partial charge in [0.1, 0.15) is 4.83 Å². The van der Waals surface area contributed by atoms with E-state index >= 15 is 0 Å². The number of nitrogens with one attached hydrogen (secondary N) is 1. The molecule has 0 saturated carbocycles. The molecule has 0 fully saturated rings. The molecule has 1 aliphatic carbocycles. The maximum absolute atomic E-state index is 13.0. The van der Waals surface area contributed by atoms with Crippen LogP contribution in [0.4, 0.5) is 0 Å². The smallest absolute Gasteiger partial charge is 0.262 e. The second-order valence-electron chi connectivity index (χ2n) is 8.04. The predicted octanol–water partition coefficient (Wildman–Crippen LogP) is 2.98. The fraction of sp³-hybridized carbons (Fsp3) is 0.455. The number of aromatic nitrogens is 2. The van der Waals surface area contributed by atoms with Crippen LogP contribution in [0.5, 0.6) is 0 Å². The van der Waals surface area contributed by atoms with Crippen LogP contribution in [0.1, 0.15) is 28.0 Å². The Morgan fingerprint density at radius 1 is 1.36 bits per heavy atom. The summed E-state index contributed by atoms with van der Waals surface area (Å²) in [5.41, 5.74) is 3.99. The molecular formula is C22H28N4OS. The molecule has 3 aromatic rings. The molecule has 6 heteroatoms. The number of rotatable bonds is 6. The molecule has 2 heterocycles. The highest BCUT2D eigenvalue weighted by molar-refractivity contribution is 7.18. The van der Waals surface area contributed by atoms with Crippen LogP contribution in [-0.2, 0) is 25.9 Å². The zero-order valence-electron chi connectivity index (χ0n) is 16.9. The van der Waals surface area contributed by atoms with E-state index in [9.17, 15) is 4.79 Å². The van der Waals surface area contributed by atoms with Crippen molar-refractivity contribution in [2.45, 2.75) is 45.3 Å². The van der Waals surface area contributed by atoms with Gasteiger partial charge in [0.05, 0.1) is 11.7 Å². The van der Waals surface area contributed by atoms with E-state index in [1.54, 1.807) is 22.2 Å². The maximum atomic E-state index is 13.0. The second kappa shape index (κ2) is 8.15. The molecule has 2 aromatic heterocycles. The van der Waals surface area contributed by atoms with Crippen LogP contribution in [0.2, 0.25) is 0 Å². The number of benzene rings is 1. The summed E-state index contributed by atoms with van der Waals surface area (Å²) in [6.07, 6.45) is 4.72. The summed E-state index contributed by atoms with van der Waals surface area (Å²) in [5, 5.41) is 4.57. The SMILES string of the molecule is Cc1cccc(CN[C@H]2CCc3c(sc4ncn(CCN(C)C)c(=O)c34)C2)c1. The summed E-state index contributed by atoms with van der Waals surface area (Å²) in [6, 6.07) is 9.11. The van der Waals surface area contributed by atoms with Crippen molar-refractivity contribution >= 4 is 21.6 Å². The third-order valence-electron chi connectivity index (χ3n) is 5.50. The van der Waals surface area contributed by atoms with Crippen molar-refractivity contribution in [3.63, 3.8) is 0 Å². The summed E-state index contributed by atoms with van der Waals surface area (Å²) in [6.45, 7) is 4.54. The molecule has 28 heavy (non-hydrogen) atoms. The Kier molecular flexibility index (Phi) is 5.62. The minimum absolute atomic E-state index is 0.121. The highest BCUT2D eigenvalue weighted by atomic mass is 32.1. The summed E-state index contributed by atoms with van der Waals surface area (Å²) in [4.78, 5) is 21.9. The molecule has 5 nitrogen and oxygen atoms in total. The Labute approximate surface area is 170 Å².